The minimum Gasteiger partial charge on any atom is -0.494 e. The predicted octanol–water partition coefficient (Wildman–Crippen LogP) is 4.19. The van der Waals surface area contributed by atoms with Gasteiger partial charge in [0.25, 0.3) is 0 Å². The van der Waals surface area contributed by atoms with E-state index in [-0.39, 0.29) is 5.91 Å². The molecule has 2 aliphatic heterocycles. The molecule has 0 spiro atoms. The highest BCUT2D eigenvalue weighted by Gasteiger charge is 2.39. The van der Waals surface area contributed by atoms with Crippen LogP contribution >= 0.6 is 0 Å². The second-order valence-corrected chi connectivity index (χ2v) is 8.65. The van der Waals surface area contributed by atoms with E-state index in [1.54, 1.807) is 0 Å². The number of likely N-dealkylation sites (tertiary alicyclic amines) is 1. The van der Waals surface area contributed by atoms with E-state index in [1.807, 2.05) is 36.4 Å². The Bertz CT molecular complexity index is 834. The molecule has 30 heavy (non-hydrogen) atoms. The number of carbonyl (C=O) groups is 1. The SMILES string of the molecule is CCCCOc1ccc(CC(=O)Nc2ccc(N3CCC4CN(C)CC43)cc2)cc1. The van der Waals surface area contributed by atoms with Gasteiger partial charge in [-0.1, -0.05) is 25.5 Å². The van der Waals surface area contributed by atoms with Crippen LogP contribution in [0.4, 0.5) is 11.4 Å². The molecule has 2 aliphatic rings. The number of likely N-dealkylation sites (N-methyl/N-ethyl adjacent to an activating group) is 1. The van der Waals surface area contributed by atoms with E-state index < -0.39 is 0 Å². The van der Waals surface area contributed by atoms with Crippen LogP contribution in [0, 0.1) is 5.92 Å². The Hall–Kier alpha value is -2.53. The molecule has 4 rings (SSSR count). The highest BCUT2D eigenvalue weighted by Crippen LogP contribution is 2.34. The van der Waals surface area contributed by atoms with Crippen LogP contribution in [-0.4, -0.2) is 50.1 Å². The summed E-state index contributed by atoms with van der Waals surface area (Å²) in [6, 6.07) is 16.8. The van der Waals surface area contributed by atoms with Crippen molar-refractivity contribution in [2.45, 2.75) is 38.6 Å². The van der Waals surface area contributed by atoms with Gasteiger partial charge in [0.15, 0.2) is 0 Å². The summed E-state index contributed by atoms with van der Waals surface area (Å²) in [4.78, 5) is 17.4. The van der Waals surface area contributed by atoms with Crippen LogP contribution < -0.4 is 15.0 Å². The fourth-order valence-corrected chi connectivity index (χ4v) is 4.66. The van der Waals surface area contributed by atoms with Crippen LogP contribution in [0.25, 0.3) is 0 Å². The minimum absolute atomic E-state index is 0.000977. The molecule has 2 fully saturated rings. The van der Waals surface area contributed by atoms with Crippen molar-refractivity contribution in [2.75, 3.05) is 43.5 Å². The van der Waals surface area contributed by atoms with Gasteiger partial charge in [-0.2, -0.15) is 0 Å². The molecule has 1 amide bonds. The van der Waals surface area contributed by atoms with Crippen LogP contribution in [-0.2, 0) is 11.2 Å². The Morgan fingerprint density at radius 3 is 2.60 bits per heavy atom. The molecular formula is C25H33N3O2. The van der Waals surface area contributed by atoms with Gasteiger partial charge in [-0.15, -0.1) is 0 Å². The van der Waals surface area contributed by atoms with Gasteiger partial charge < -0.3 is 19.9 Å². The minimum atomic E-state index is 0.000977. The van der Waals surface area contributed by atoms with Gasteiger partial charge in [-0.05, 0) is 67.8 Å². The maximum Gasteiger partial charge on any atom is 0.228 e. The lowest BCUT2D eigenvalue weighted by Crippen LogP contribution is -2.34. The van der Waals surface area contributed by atoms with E-state index in [0.29, 0.717) is 12.5 Å². The van der Waals surface area contributed by atoms with Crippen molar-refractivity contribution in [1.82, 2.24) is 4.90 Å². The van der Waals surface area contributed by atoms with E-state index in [9.17, 15) is 4.79 Å². The summed E-state index contributed by atoms with van der Waals surface area (Å²) in [5.74, 6) is 1.65. The number of nitrogens with one attached hydrogen (secondary N) is 1. The zero-order valence-electron chi connectivity index (χ0n) is 18.1. The molecule has 2 aromatic carbocycles. The number of hydrogen-bond donors (Lipinski definition) is 1. The first kappa shape index (κ1) is 20.7. The molecular weight excluding hydrogens is 374 g/mol. The number of amides is 1. The third-order valence-corrected chi connectivity index (χ3v) is 6.27. The summed E-state index contributed by atoms with van der Waals surface area (Å²) in [6.07, 6.45) is 3.81. The molecule has 5 heteroatoms. The van der Waals surface area contributed by atoms with Crippen molar-refractivity contribution < 1.29 is 9.53 Å². The number of anilines is 2. The third kappa shape index (κ3) is 4.96. The van der Waals surface area contributed by atoms with Crippen LogP contribution in [0.3, 0.4) is 0 Å². The van der Waals surface area contributed by atoms with Gasteiger partial charge in [0.2, 0.25) is 5.91 Å². The average Bonchev–Trinajstić information content (AvgIpc) is 3.29. The number of unbranched alkanes of at least 4 members (excludes halogenated alkanes) is 1. The molecule has 1 N–H and O–H groups in total. The molecule has 0 radical (unpaired) electrons. The van der Waals surface area contributed by atoms with Gasteiger partial charge in [0.05, 0.1) is 13.0 Å². The van der Waals surface area contributed by atoms with Crippen LogP contribution in [0.5, 0.6) is 5.75 Å². The summed E-state index contributed by atoms with van der Waals surface area (Å²) >= 11 is 0. The van der Waals surface area contributed by atoms with Gasteiger partial charge in [0, 0.05) is 37.1 Å². The Morgan fingerprint density at radius 2 is 1.87 bits per heavy atom. The lowest BCUT2D eigenvalue weighted by Gasteiger charge is -2.26. The fraction of sp³-hybridized carbons (Fsp3) is 0.480. The van der Waals surface area contributed by atoms with Crippen LogP contribution in [0.1, 0.15) is 31.7 Å². The first-order valence-corrected chi connectivity index (χ1v) is 11.2. The average molecular weight is 408 g/mol. The molecule has 2 unspecified atom stereocenters. The first-order valence-electron chi connectivity index (χ1n) is 11.2. The molecule has 0 bridgehead atoms. The summed E-state index contributed by atoms with van der Waals surface area (Å²) in [5, 5.41) is 3.02. The Morgan fingerprint density at radius 1 is 1.10 bits per heavy atom. The molecule has 160 valence electrons. The first-order chi connectivity index (χ1) is 14.6. The predicted molar refractivity (Wildman–Crippen MR) is 122 cm³/mol. The van der Waals surface area contributed by atoms with Crippen molar-refractivity contribution in [1.29, 1.82) is 0 Å². The summed E-state index contributed by atoms with van der Waals surface area (Å²) in [6.45, 7) is 6.37. The highest BCUT2D eigenvalue weighted by atomic mass is 16.5. The molecule has 2 saturated heterocycles. The van der Waals surface area contributed by atoms with Crippen molar-refractivity contribution in [3.63, 3.8) is 0 Å². The third-order valence-electron chi connectivity index (χ3n) is 6.27. The standard InChI is InChI=1S/C25H33N3O2/c1-3-4-15-30-23-11-5-19(6-12-23)16-25(29)26-21-7-9-22(10-8-21)28-14-13-20-17-27(2)18-24(20)28/h5-12,20,24H,3-4,13-18H2,1-2H3,(H,26,29). The summed E-state index contributed by atoms with van der Waals surface area (Å²) < 4.78 is 5.68. The summed E-state index contributed by atoms with van der Waals surface area (Å²) in [7, 11) is 2.21. The van der Waals surface area contributed by atoms with Gasteiger partial charge in [-0.3, -0.25) is 4.79 Å². The van der Waals surface area contributed by atoms with E-state index in [1.165, 1.54) is 18.7 Å². The molecule has 0 aliphatic carbocycles. The number of hydrogen-bond acceptors (Lipinski definition) is 4. The van der Waals surface area contributed by atoms with Gasteiger partial charge >= 0.3 is 0 Å². The quantitative estimate of drug-likeness (QED) is 0.667. The number of fused-ring (bicyclic) bond motifs is 1. The van der Waals surface area contributed by atoms with Crippen LogP contribution in [0.2, 0.25) is 0 Å². The van der Waals surface area contributed by atoms with Crippen LogP contribution in [0.15, 0.2) is 48.5 Å². The number of benzene rings is 2. The van der Waals surface area contributed by atoms with Crippen molar-refractivity contribution in [3.8, 4) is 5.75 Å². The van der Waals surface area contributed by atoms with E-state index in [0.717, 1.165) is 55.5 Å². The molecule has 5 nitrogen and oxygen atoms in total. The molecule has 2 heterocycles. The molecule has 2 aromatic rings. The van der Waals surface area contributed by atoms with Crippen molar-refractivity contribution >= 4 is 17.3 Å². The van der Waals surface area contributed by atoms with E-state index >= 15 is 0 Å². The second-order valence-electron chi connectivity index (χ2n) is 8.65. The Labute approximate surface area is 180 Å². The smallest absolute Gasteiger partial charge is 0.228 e. The van der Waals surface area contributed by atoms with Gasteiger partial charge in [-0.25, -0.2) is 0 Å². The van der Waals surface area contributed by atoms with Crippen molar-refractivity contribution in [2.24, 2.45) is 5.92 Å². The number of ether oxygens (including phenoxy) is 1. The normalized spacial score (nSPS) is 20.9. The maximum absolute atomic E-state index is 12.4. The molecule has 2 atom stereocenters. The van der Waals surface area contributed by atoms with Crippen molar-refractivity contribution in [3.05, 3.63) is 54.1 Å². The summed E-state index contributed by atoms with van der Waals surface area (Å²) in [5.41, 5.74) is 3.09. The van der Waals surface area contributed by atoms with E-state index in [2.05, 4.69) is 41.2 Å². The molecule has 0 aromatic heterocycles. The fourth-order valence-electron chi connectivity index (χ4n) is 4.66. The Kier molecular flexibility index (Phi) is 6.58. The number of carbonyl (C=O) groups excluding carboxylic acids is 1. The largest absolute Gasteiger partial charge is 0.494 e. The lowest BCUT2D eigenvalue weighted by molar-refractivity contribution is -0.115. The lowest BCUT2D eigenvalue weighted by atomic mass is 10.0. The highest BCUT2D eigenvalue weighted by molar-refractivity contribution is 5.92. The number of rotatable bonds is 8. The maximum atomic E-state index is 12.4. The topological polar surface area (TPSA) is 44.8 Å². The number of nitrogens with zero attached hydrogens (tertiary/aromatic N) is 2. The van der Waals surface area contributed by atoms with Gasteiger partial charge in [0.1, 0.15) is 5.75 Å². The second kappa shape index (κ2) is 9.52. The Balaban J connectivity index is 1.29. The molecule has 0 saturated carbocycles. The van der Waals surface area contributed by atoms with E-state index in [4.69, 9.17) is 4.74 Å². The zero-order chi connectivity index (χ0) is 20.9. The monoisotopic (exact) mass is 407 g/mol. The zero-order valence-corrected chi connectivity index (χ0v) is 18.1.